The van der Waals surface area contributed by atoms with Crippen LogP contribution in [0.1, 0.15) is 22.8 Å². The van der Waals surface area contributed by atoms with Crippen molar-refractivity contribution >= 4 is 16.0 Å². The van der Waals surface area contributed by atoms with Crippen molar-refractivity contribution in [1.29, 1.82) is 0 Å². The molecule has 2 aromatic rings. The lowest BCUT2D eigenvalue weighted by molar-refractivity contribution is 0.0726. The van der Waals surface area contributed by atoms with Crippen LogP contribution in [0.5, 0.6) is 11.5 Å². The van der Waals surface area contributed by atoms with Gasteiger partial charge >= 0.3 is 5.97 Å². The number of carbonyl (C=O) groups excluding carboxylic acids is 1. The number of benzene rings is 2. The summed E-state index contributed by atoms with van der Waals surface area (Å²) in [5.41, 5.74) is 1.26. The standard InChI is InChI=1S/C20H23NO6S/c1-3-15-4-7-17(8-5-15)27-20(22)16-6-9-18(25-2)19(14-16)28(23,24)21-10-12-26-13-11-21/h4-9,14H,3,10-13H2,1-2H3. The van der Waals surface area contributed by atoms with Crippen molar-refractivity contribution in [2.75, 3.05) is 33.4 Å². The van der Waals surface area contributed by atoms with Crippen LogP contribution in [-0.2, 0) is 21.2 Å². The molecule has 1 saturated heterocycles. The predicted molar refractivity (Wildman–Crippen MR) is 103 cm³/mol. The Bertz CT molecular complexity index is 934. The van der Waals surface area contributed by atoms with Crippen molar-refractivity contribution in [2.24, 2.45) is 0 Å². The summed E-state index contributed by atoms with van der Waals surface area (Å²) in [6.07, 6.45) is 0.884. The summed E-state index contributed by atoms with van der Waals surface area (Å²) in [6.45, 7) is 3.21. The van der Waals surface area contributed by atoms with Crippen molar-refractivity contribution in [1.82, 2.24) is 4.31 Å². The summed E-state index contributed by atoms with van der Waals surface area (Å²) in [5.74, 6) is -0.0590. The van der Waals surface area contributed by atoms with E-state index < -0.39 is 16.0 Å². The normalized spacial score (nSPS) is 15.2. The van der Waals surface area contributed by atoms with Gasteiger partial charge in [0.05, 0.1) is 25.9 Å². The number of nitrogens with zero attached hydrogens (tertiary/aromatic N) is 1. The monoisotopic (exact) mass is 405 g/mol. The quantitative estimate of drug-likeness (QED) is 0.543. The van der Waals surface area contributed by atoms with E-state index in [0.29, 0.717) is 19.0 Å². The van der Waals surface area contributed by atoms with Crippen molar-refractivity contribution < 1.29 is 27.4 Å². The van der Waals surface area contributed by atoms with Crippen LogP contribution in [0.15, 0.2) is 47.4 Å². The van der Waals surface area contributed by atoms with Crippen LogP contribution in [0.2, 0.25) is 0 Å². The molecule has 0 radical (unpaired) electrons. The average molecular weight is 405 g/mol. The summed E-state index contributed by atoms with van der Waals surface area (Å²) in [4.78, 5) is 12.5. The van der Waals surface area contributed by atoms with E-state index in [4.69, 9.17) is 14.2 Å². The van der Waals surface area contributed by atoms with E-state index in [1.165, 1.54) is 29.6 Å². The van der Waals surface area contributed by atoms with Crippen LogP contribution in [0.3, 0.4) is 0 Å². The minimum absolute atomic E-state index is 0.0623. The second-order valence-corrected chi connectivity index (χ2v) is 8.18. The maximum atomic E-state index is 13.0. The zero-order valence-corrected chi connectivity index (χ0v) is 16.7. The number of hydrogen-bond acceptors (Lipinski definition) is 6. The molecule has 3 rings (SSSR count). The van der Waals surface area contributed by atoms with E-state index >= 15 is 0 Å². The number of methoxy groups -OCH3 is 1. The van der Waals surface area contributed by atoms with E-state index in [0.717, 1.165) is 12.0 Å². The molecule has 8 heteroatoms. The van der Waals surface area contributed by atoms with Crippen LogP contribution in [0.4, 0.5) is 0 Å². The van der Waals surface area contributed by atoms with Crippen molar-refractivity contribution in [2.45, 2.75) is 18.2 Å². The maximum Gasteiger partial charge on any atom is 0.343 e. The van der Waals surface area contributed by atoms with Gasteiger partial charge in [0.2, 0.25) is 10.0 Å². The van der Waals surface area contributed by atoms with Crippen molar-refractivity contribution in [3.05, 3.63) is 53.6 Å². The number of sulfonamides is 1. The molecule has 0 bridgehead atoms. The number of hydrogen-bond donors (Lipinski definition) is 0. The van der Waals surface area contributed by atoms with Gasteiger partial charge in [0, 0.05) is 13.1 Å². The summed E-state index contributed by atoms with van der Waals surface area (Å²) in [5, 5.41) is 0. The molecule has 1 fully saturated rings. The predicted octanol–water partition coefficient (Wildman–Crippen LogP) is 2.50. The largest absolute Gasteiger partial charge is 0.495 e. The Morgan fingerprint density at radius 1 is 1.11 bits per heavy atom. The lowest BCUT2D eigenvalue weighted by atomic mass is 10.2. The Balaban J connectivity index is 1.88. The second kappa shape index (κ2) is 8.72. The van der Waals surface area contributed by atoms with Crippen LogP contribution in [-0.4, -0.2) is 52.1 Å². The third kappa shape index (κ3) is 4.35. The lowest BCUT2D eigenvalue weighted by Gasteiger charge is -2.26. The summed E-state index contributed by atoms with van der Waals surface area (Å²) in [6, 6.07) is 11.4. The highest BCUT2D eigenvalue weighted by molar-refractivity contribution is 7.89. The Hall–Kier alpha value is -2.42. The molecular formula is C20H23NO6S. The van der Waals surface area contributed by atoms with Crippen LogP contribution in [0, 0.1) is 0 Å². The van der Waals surface area contributed by atoms with Gasteiger partial charge in [-0.25, -0.2) is 13.2 Å². The fraction of sp³-hybridized carbons (Fsp3) is 0.350. The molecule has 0 aromatic heterocycles. The summed E-state index contributed by atoms with van der Waals surface area (Å²) in [7, 11) is -2.43. The minimum atomic E-state index is -3.82. The molecule has 1 aliphatic rings. The molecule has 2 aromatic carbocycles. The molecule has 0 unspecified atom stereocenters. The zero-order chi connectivity index (χ0) is 20.1. The molecular weight excluding hydrogens is 382 g/mol. The molecule has 0 aliphatic carbocycles. The van der Waals surface area contributed by atoms with Crippen LogP contribution >= 0.6 is 0 Å². The fourth-order valence-electron chi connectivity index (χ4n) is 2.89. The molecule has 0 N–H and O–H groups in total. The van der Waals surface area contributed by atoms with Gasteiger partial charge in [0.1, 0.15) is 16.4 Å². The minimum Gasteiger partial charge on any atom is -0.495 e. The molecule has 0 spiro atoms. The van der Waals surface area contributed by atoms with Gasteiger partial charge in [-0.1, -0.05) is 19.1 Å². The van der Waals surface area contributed by atoms with Gasteiger partial charge in [-0.05, 0) is 42.3 Å². The number of rotatable bonds is 6. The highest BCUT2D eigenvalue weighted by Gasteiger charge is 2.30. The van der Waals surface area contributed by atoms with Crippen molar-refractivity contribution in [3.63, 3.8) is 0 Å². The Morgan fingerprint density at radius 3 is 2.39 bits per heavy atom. The number of morpholine rings is 1. The second-order valence-electron chi connectivity index (χ2n) is 6.27. The number of ether oxygens (including phenoxy) is 3. The van der Waals surface area contributed by atoms with E-state index in [1.54, 1.807) is 12.1 Å². The third-order valence-electron chi connectivity index (χ3n) is 4.53. The molecule has 0 saturated carbocycles. The van der Waals surface area contributed by atoms with Crippen LogP contribution < -0.4 is 9.47 Å². The van der Waals surface area contributed by atoms with E-state index in [-0.39, 0.29) is 29.3 Å². The lowest BCUT2D eigenvalue weighted by Crippen LogP contribution is -2.40. The van der Waals surface area contributed by atoms with E-state index in [1.807, 2.05) is 19.1 Å². The SMILES string of the molecule is CCc1ccc(OC(=O)c2ccc(OC)c(S(=O)(=O)N3CCOCC3)c2)cc1. The topological polar surface area (TPSA) is 82.1 Å². The smallest absolute Gasteiger partial charge is 0.343 e. The van der Waals surface area contributed by atoms with Crippen molar-refractivity contribution in [3.8, 4) is 11.5 Å². The highest BCUT2D eigenvalue weighted by Crippen LogP contribution is 2.29. The Labute approximate surface area is 164 Å². The molecule has 7 nitrogen and oxygen atoms in total. The first-order chi connectivity index (χ1) is 13.5. The Kier molecular flexibility index (Phi) is 6.33. The van der Waals surface area contributed by atoms with Gasteiger partial charge in [-0.15, -0.1) is 0 Å². The first kappa shape index (κ1) is 20.3. The van der Waals surface area contributed by atoms with E-state index in [9.17, 15) is 13.2 Å². The van der Waals surface area contributed by atoms with Gasteiger partial charge in [0.25, 0.3) is 0 Å². The molecule has 1 heterocycles. The highest BCUT2D eigenvalue weighted by atomic mass is 32.2. The zero-order valence-electron chi connectivity index (χ0n) is 15.9. The molecule has 28 heavy (non-hydrogen) atoms. The molecule has 150 valence electrons. The number of esters is 1. The average Bonchev–Trinajstić information content (AvgIpc) is 2.74. The molecule has 1 aliphatic heterocycles. The van der Waals surface area contributed by atoms with Gasteiger partial charge < -0.3 is 14.2 Å². The third-order valence-corrected chi connectivity index (χ3v) is 6.45. The van der Waals surface area contributed by atoms with Gasteiger partial charge in [-0.3, -0.25) is 0 Å². The van der Waals surface area contributed by atoms with Gasteiger partial charge in [-0.2, -0.15) is 4.31 Å². The van der Waals surface area contributed by atoms with Gasteiger partial charge in [0.15, 0.2) is 0 Å². The molecule has 0 atom stereocenters. The first-order valence-corrected chi connectivity index (χ1v) is 10.5. The first-order valence-electron chi connectivity index (χ1n) is 9.02. The maximum absolute atomic E-state index is 13.0. The van der Waals surface area contributed by atoms with E-state index in [2.05, 4.69) is 0 Å². The summed E-state index contributed by atoms with van der Waals surface area (Å²) < 4.78 is 43.2. The van der Waals surface area contributed by atoms with Crippen LogP contribution in [0.25, 0.3) is 0 Å². The number of aryl methyl sites for hydroxylation is 1. The number of carbonyl (C=O) groups is 1. The summed E-state index contributed by atoms with van der Waals surface area (Å²) >= 11 is 0. The fourth-order valence-corrected chi connectivity index (χ4v) is 4.48. The Morgan fingerprint density at radius 2 is 1.79 bits per heavy atom. The molecule has 0 amide bonds.